The Labute approximate surface area is 168 Å². The maximum atomic E-state index is 13.0. The summed E-state index contributed by atoms with van der Waals surface area (Å²) < 4.78 is 17.8. The maximum absolute atomic E-state index is 13.0. The molecule has 3 rings (SSSR count). The number of carbonyl (C=O) groups is 1. The van der Waals surface area contributed by atoms with Gasteiger partial charge < -0.3 is 19.1 Å². The smallest absolute Gasteiger partial charge is 0.254 e. The van der Waals surface area contributed by atoms with Gasteiger partial charge in [0.05, 0.1) is 23.8 Å². The van der Waals surface area contributed by atoms with Crippen LogP contribution in [0, 0.1) is 0 Å². The molecule has 1 fully saturated rings. The second-order valence-electron chi connectivity index (χ2n) is 6.73. The van der Waals surface area contributed by atoms with E-state index in [2.05, 4.69) is 15.9 Å². The average molecular weight is 434 g/mol. The number of hydrogen-bond acceptors (Lipinski definition) is 4. The van der Waals surface area contributed by atoms with Crippen molar-refractivity contribution < 1.29 is 19.0 Å². The van der Waals surface area contributed by atoms with E-state index in [9.17, 15) is 4.79 Å². The van der Waals surface area contributed by atoms with Crippen LogP contribution in [0.25, 0.3) is 0 Å². The number of morpholine rings is 1. The molecular weight excluding hydrogens is 410 g/mol. The topological polar surface area (TPSA) is 48.0 Å². The minimum Gasteiger partial charge on any atom is -0.493 e. The molecule has 0 radical (unpaired) electrons. The summed E-state index contributed by atoms with van der Waals surface area (Å²) >= 11 is 3.53. The lowest BCUT2D eigenvalue weighted by Crippen LogP contribution is -2.48. The number of hydrogen-bond donors (Lipinski definition) is 0. The van der Waals surface area contributed by atoms with Gasteiger partial charge in [-0.3, -0.25) is 4.79 Å². The van der Waals surface area contributed by atoms with E-state index in [-0.39, 0.29) is 18.1 Å². The average Bonchev–Trinajstić information content (AvgIpc) is 2.66. The number of amides is 1. The molecule has 1 amide bonds. The molecule has 2 aromatic rings. The molecular formula is C21H24BrNO4. The van der Waals surface area contributed by atoms with Gasteiger partial charge >= 0.3 is 0 Å². The lowest BCUT2D eigenvalue weighted by atomic mass is 10.1. The van der Waals surface area contributed by atoms with E-state index in [1.54, 1.807) is 19.2 Å². The van der Waals surface area contributed by atoms with Gasteiger partial charge in [-0.1, -0.05) is 30.3 Å². The van der Waals surface area contributed by atoms with E-state index in [1.165, 1.54) is 0 Å². The lowest BCUT2D eigenvalue weighted by Gasteiger charge is -2.35. The van der Waals surface area contributed by atoms with Gasteiger partial charge in [-0.2, -0.15) is 0 Å². The zero-order valence-electron chi connectivity index (χ0n) is 15.8. The summed E-state index contributed by atoms with van der Waals surface area (Å²) in [5.74, 6) is 1.07. The number of nitrogens with zero attached hydrogens (tertiary/aromatic N) is 1. The quantitative estimate of drug-likeness (QED) is 0.705. The summed E-state index contributed by atoms with van der Waals surface area (Å²) in [5.41, 5.74) is 1.62. The first-order valence-electron chi connectivity index (χ1n) is 8.97. The number of rotatable bonds is 5. The number of ether oxygens (including phenoxy) is 3. The molecule has 1 aliphatic heterocycles. The summed E-state index contributed by atoms with van der Waals surface area (Å²) in [5, 5.41) is 0. The van der Waals surface area contributed by atoms with Crippen LogP contribution in [-0.2, 0) is 11.3 Å². The van der Waals surface area contributed by atoms with Crippen LogP contribution >= 0.6 is 15.9 Å². The number of benzene rings is 2. The summed E-state index contributed by atoms with van der Waals surface area (Å²) in [6, 6.07) is 13.4. The Bertz CT molecular complexity index is 786. The minimum absolute atomic E-state index is 0.0246. The van der Waals surface area contributed by atoms with Crippen LogP contribution in [0.15, 0.2) is 46.9 Å². The fourth-order valence-electron chi connectivity index (χ4n) is 3.24. The van der Waals surface area contributed by atoms with E-state index in [0.29, 0.717) is 41.2 Å². The Balaban J connectivity index is 1.80. The SMILES string of the molecule is COc1cc(C(=O)N2C[C@@H](C)O[C@H](C)C2)cc(Br)c1OCc1ccccc1. The normalized spacial score (nSPS) is 19.6. The van der Waals surface area contributed by atoms with Crippen molar-refractivity contribution in [1.29, 1.82) is 0 Å². The lowest BCUT2D eigenvalue weighted by molar-refractivity contribution is -0.0586. The largest absolute Gasteiger partial charge is 0.493 e. The van der Waals surface area contributed by atoms with Crippen molar-refractivity contribution in [3.05, 3.63) is 58.1 Å². The highest BCUT2D eigenvalue weighted by Crippen LogP contribution is 2.37. The molecule has 5 nitrogen and oxygen atoms in total. The van der Waals surface area contributed by atoms with E-state index in [1.807, 2.05) is 49.1 Å². The third-order valence-electron chi connectivity index (χ3n) is 4.41. The number of carbonyl (C=O) groups excluding carboxylic acids is 1. The summed E-state index contributed by atoms with van der Waals surface area (Å²) in [4.78, 5) is 14.8. The van der Waals surface area contributed by atoms with Crippen molar-refractivity contribution >= 4 is 21.8 Å². The number of methoxy groups -OCH3 is 1. The van der Waals surface area contributed by atoms with Gasteiger partial charge in [0.25, 0.3) is 5.91 Å². The Morgan fingerprint density at radius 2 is 1.85 bits per heavy atom. The Hall–Kier alpha value is -2.05. The molecule has 144 valence electrons. The first-order valence-corrected chi connectivity index (χ1v) is 9.76. The van der Waals surface area contributed by atoms with Crippen LogP contribution < -0.4 is 9.47 Å². The fourth-order valence-corrected chi connectivity index (χ4v) is 3.80. The van der Waals surface area contributed by atoms with Crippen molar-refractivity contribution in [2.24, 2.45) is 0 Å². The minimum atomic E-state index is -0.0365. The van der Waals surface area contributed by atoms with E-state index >= 15 is 0 Å². The fraction of sp³-hybridized carbons (Fsp3) is 0.381. The van der Waals surface area contributed by atoms with Gasteiger partial charge in [0.15, 0.2) is 11.5 Å². The second-order valence-corrected chi connectivity index (χ2v) is 7.59. The molecule has 1 saturated heterocycles. The highest BCUT2D eigenvalue weighted by molar-refractivity contribution is 9.10. The van der Waals surface area contributed by atoms with E-state index in [4.69, 9.17) is 14.2 Å². The molecule has 1 aliphatic rings. The monoisotopic (exact) mass is 433 g/mol. The van der Waals surface area contributed by atoms with Crippen LogP contribution in [0.2, 0.25) is 0 Å². The Morgan fingerprint density at radius 1 is 1.19 bits per heavy atom. The molecule has 1 heterocycles. The second kappa shape index (κ2) is 8.76. The van der Waals surface area contributed by atoms with Gasteiger partial charge in [0, 0.05) is 18.7 Å². The molecule has 2 atom stereocenters. The van der Waals surface area contributed by atoms with Crippen molar-refractivity contribution in [1.82, 2.24) is 4.90 Å². The van der Waals surface area contributed by atoms with Gasteiger partial charge in [-0.15, -0.1) is 0 Å². The molecule has 0 bridgehead atoms. The van der Waals surface area contributed by atoms with Crippen molar-refractivity contribution in [2.75, 3.05) is 20.2 Å². The highest BCUT2D eigenvalue weighted by atomic mass is 79.9. The summed E-state index contributed by atoms with van der Waals surface area (Å²) in [7, 11) is 1.57. The van der Waals surface area contributed by atoms with Gasteiger partial charge in [-0.05, 0) is 47.5 Å². The summed E-state index contributed by atoms with van der Waals surface area (Å²) in [6.07, 6.45) is 0.0491. The van der Waals surface area contributed by atoms with Crippen LogP contribution in [0.5, 0.6) is 11.5 Å². The highest BCUT2D eigenvalue weighted by Gasteiger charge is 2.27. The van der Waals surface area contributed by atoms with Crippen molar-refractivity contribution in [3.63, 3.8) is 0 Å². The molecule has 27 heavy (non-hydrogen) atoms. The van der Waals surface area contributed by atoms with E-state index < -0.39 is 0 Å². The van der Waals surface area contributed by atoms with E-state index in [0.717, 1.165) is 5.56 Å². The van der Waals surface area contributed by atoms with Gasteiger partial charge in [-0.25, -0.2) is 0 Å². The zero-order valence-corrected chi connectivity index (χ0v) is 17.4. The molecule has 6 heteroatoms. The van der Waals surface area contributed by atoms with Crippen molar-refractivity contribution in [3.8, 4) is 11.5 Å². The zero-order chi connectivity index (χ0) is 19.4. The third kappa shape index (κ3) is 4.82. The Kier molecular flexibility index (Phi) is 6.39. The van der Waals surface area contributed by atoms with Gasteiger partial charge in [0.2, 0.25) is 0 Å². The van der Waals surface area contributed by atoms with Crippen LogP contribution in [0.3, 0.4) is 0 Å². The maximum Gasteiger partial charge on any atom is 0.254 e. The standard InChI is InChI=1S/C21H24BrNO4/c1-14-11-23(12-15(2)27-14)21(24)17-9-18(22)20(19(10-17)25-3)26-13-16-7-5-4-6-8-16/h4-10,14-15H,11-13H2,1-3H3/t14-,15-/m1/s1. The Morgan fingerprint density at radius 3 is 2.48 bits per heavy atom. The van der Waals surface area contributed by atoms with Gasteiger partial charge in [0.1, 0.15) is 6.61 Å². The predicted molar refractivity (Wildman–Crippen MR) is 107 cm³/mol. The molecule has 0 spiro atoms. The van der Waals surface area contributed by atoms with Crippen molar-refractivity contribution in [2.45, 2.75) is 32.7 Å². The third-order valence-corrected chi connectivity index (χ3v) is 5.00. The first-order chi connectivity index (χ1) is 13.0. The molecule has 2 aromatic carbocycles. The molecule has 0 N–H and O–H groups in total. The first kappa shape index (κ1) is 19.7. The number of halogens is 1. The molecule has 0 saturated carbocycles. The molecule has 0 unspecified atom stereocenters. The molecule has 0 aromatic heterocycles. The summed E-state index contributed by atoms with van der Waals surface area (Å²) in [6.45, 7) is 5.53. The van der Waals surface area contributed by atoms with Crippen LogP contribution in [0.4, 0.5) is 0 Å². The molecule has 0 aliphatic carbocycles. The predicted octanol–water partition coefficient (Wildman–Crippen LogP) is 4.29. The van der Waals surface area contributed by atoms with Crippen LogP contribution in [0.1, 0.15) is 29.8 Å². The van der Waals surface area contributed by atoms with Crippen LogP contribution in [-0.4, -0.2) is 43.2 Å².